The number of aliphatic carboxylic acids is 1. The summed E-state index contributed by atoms with van der Waals surface area (Å²) in [5.41, 5.74) is 1.22. The first-order valence-corrected chi connectivity index (χ1v) is 9.49. The van der Waals surface area contributed by atoms with Gasteiger partial charge >= 0.3 is 5.97 Å². The zero-order valence-corrected chi connectivity index (χ0v) is 16.5. The van der Waals surface area contributed by atoms with Gasteiger partial charge < -0.3 is 10.4 Å². The minimum Gasteiger partial charge on any atom is -0.480 e. The van der Waals surface area contributed by atoms with Gasteiger partial charge in [0, 0.05) is 21.9 Å². The molecule has 2 aromatic rings. The molecule has 0 saturated carbocycles. The molecule has 6 heteroatoms. The average molecular weight is 392 g/mol. The highest BCUT2D eigenvalue weighted by atomic mass is 35.5. The van der Waals surface area contributed by atoms with Crippen molar-refractivity contribution in [2.24, 2.45) is 0 Å². The number of carbonyl (C=O) groups excluding carboxylic acids is 1. The molecule has 0 aliphatic rings. The van der Waals surface area contributed by atoms with Crippen LogP contribution in [0.1, 0.15) is 36.7 Å². The van der Waals surface area contributed by atoms with Crippen molar-refractivity contribution in [2.45, 2.75) is 36.3 Å². The number of rotatable bonds is 7. The van der Waals surface area contributed by atoms with E-state index in [2.05, 4.69) is 5.32 Å². The summed E-state index contributed by atoms with van der Waals surface area (Å²) >= 11 is 7.23. The number of carboxylic acids is 1. The van der Waals surface area contributed by atoms with E-state index in [0.29, 0.717) is 22.0 Å². The van der Waals surface area contributed by atoms with E-state index in [-0.39, 0.29) is 11.3 Å². The molecular formula is C20H22ClNO3S. The molecule has 1 amide bonds. The highest BCUT2D eigenvalue weighted by Gasteiger charge is 2.23. The van der Waals surface area contributed by atoms with E-state index in [1.54, 1.807) is 31.2 Å². The summed E-state index contributed by atoms with van der Waals surface area (Å²) in [4.78, 5) is 24.4. The van der Waals surface area contributed by atoms with Crippen molar-refractivity contribution < 1.29 is 14.7 Å². The first kappa shape index (κ1) is 20.3. The van der Waals surface area contributed by atoms with Gasteiger partial charge in [0.25, 0.3) is 5.91 Å². The minimum absolute atomic E-state index is 0.221. The standard InChI is InChI=1S/C20H22ClNO3S/c1-13(19(24)25)26-17-10-5-4-9-16(17)18(23)22-12-20(2,3)14-7-6-8-15(21)11-14/h4-11,13H,12H2,1-3H3,(H,22,23)(H,24,25). The molecule has 0 fully saturated rings. The van der Waals surface area contributed by atoms with Crippen molar-refractivity contribution in [3.8, 4) is 0 Å². The Bertz CT molecular complexity index is 807. The van der Waals surface area contributed by atoms with Gasteiger partial charge in [0.2, 0.25) is 0 Å². The molecular weight excluding hydrogens is 370 g/mol. The van der Waals surface area contributed by atoms with Gasteiger partial charge in [-0.05, 0) is 36.8 Å². The lowest BCUT2D eigenvalue weighted by atomic mass is 9.84. The third-order valence-electron chi connectivity index (χ3n) is 4.08. The highest BCUT2D eigenvalue weighted by molar-refractivity contribution is 8.00. The minimum atomic E-state index is -0.910. The molecule has 0 saturated heterocycles. The van der Waals surface area contributed by atoms with Gasteiger partial charge in [-0.15, -0.1) is 11.8 Å². The van der Waals surface area contributed by atoms with Crippen LogP contribution in [0.15, 0.2) is 53.4 Å². The molecule has 1 unspecified atom stereocenters. The maximum atomic E-state index is 12.7. The fourth-order valence-corrected chi connectivity index (χ4v) is 3.52. The lowest BCUT2D eigenvalue weighted by Crippen LogP contribution is -2.36. The Morgan fingerprint density at radius 3 is 2.54 bits per heavy atom. The molecule has 138 valence electrons. The fraction of sp³-hybridized carbons (Fsp3) is 0.300. The van der Waals surface area contributed by atoms with Crippen LogP contribution in [0.25, 0.3) is 0 Å². The van der Waals surface area contributed by atoms with Gasteiger partial charge in [-0.2, -0.15) is 0 Å². The van der Waals surface area contributed by atoms with Gasteiger partial charge in [-0.25, -0.2) is 0 Å². The van der Waals surface area contributed by atoms with Crippen LogP contribution in [-0.4, -0.2) is 28.8 Å². The molecule has 0 spiro atoms. The largest absolute Gasteiger partial charge is 0.480 e. The summed E-state index contributed by atoms with van der Waals surface area (Å²) in [6.07, 6.45) is 0. The quantitative estimate of drug-likeness (QED) is 0.676. The smallest absolute Gasteiger partial charge is 0.316 e. The molecule has 0 aromatic heterocycles. The summed E-state index contributed by atoms with van der Waals surface area (Å²) in [5, 5.41) is 12.1. The first-order chi connectivity index (χ1) is 12.2. The van der Waals surface area contributed by atoms with E-state index in [4.69, 9.17) is 16.7 Å². The van der Waals surface area contributed by atoms with E-state index in [1.807, 2.05) is 38.1 Å². The Kier molecular flexibility index (Phi) is 6.73. The Morgan fingerprint density at radius 2 is 1.88 bits per heavy atom. The second-order valence-electron chi connectivity index (χ2n) is 6.67. The van der Waals surface area contributed by atoms with Crippen LogP contribution >= 0.6 is 23.4 Å². The fourth-order valence-electron chi connectivity index (χ4n) is 2.41. The number of carbonyl (C=O) groups is 2. The predicted molar refractivity (Wildman–Crippen MR) is 106 cm³/mol. The number of benzene rings is 2. The lowest BCUT2D eigenvalue weighted by molar-refractivity contribution is -0.136. The predicted octanol–water partition coefficient (Wildman–Crippen LogP) is 4.61. The van der Waals surface area contributed by atoms with Crippen molar-refractivity contribution in [3.05, 3.63) is 64.7 Å². The van der Waals surface area contributed by atoms with E-state index < -0.39 is 11.2 Å². The number of hydrogen-bond acceptors (Lipinski definition) is 3. The van der Waals surface area contributed by atoms with E-state index in [1.165, 1.54) is 0 Å². The van der Waals surface area contributed by atoms with Crippen LogP contribution in [0.4, 0.5) is 0 Å². The molecule has 2 aromatic carbocycles. The molecule has 0 aliphatic carbocycles. The van der Waals surface area contributed by atoms with Crippen molar-refractivity contribution in [1.82, 2.24) is 5.32 Å². The number of amides is 1. The van der Waals surface area contributed by atoms with Gasteiger partial charge in [0.1, 0.15) is 5.25 Å². The summed E-state index contributed by atoms with van der Waals surface area (Å²) < 4.78 is 0. The number of thioether (sulfide) groups is 1. The topological polar surface area (TPSA) is 66.4 Å². The van der Waals surface area contributed by atoms with Gasteiger partial charge in [0.05, 0.1) is 5.56 Å². The van der Waals surface area contributed by atoms with Crippen LogP contribution in [0.5, 0.6) is 0 Å². The zero-order valence-electron chi connectivity index (χ0n) is 15.0. The summed E-state index contributed by atoms with van der Waals surface area (Å²) in [6.45, 7) is 6.10. The molecule has 0 aliphatic heterocycles. The van der Waals surface area contributed by atoms with Gasteiger partial charge in [-0.3, -0.25) is 9.59 Å². The van der Waals surface area contributed by atoms with Crippen LogP contribution in [0.2, 0.25) is 5.02 Å². The Balaban J connectivity index is 2.12. The van der Waals surface area contributed by atoms with Crippen LogP contribution in [0, 0.1) is 0 Å². The van der Waals surface area contributed by atoms with Crippen LogP contribution in [0.3, 0.4) is 0 Å². The number of carboxylic acid groups (broad SMARTS) is 1. The Hall–Kier alpha value is -1.98. The molecule has 2 rings (SSSR count). The van der Waals surface area contributed by atoms with Crippen molar-refractivity contribution in [3.63, 3.8) is 0 Å². The number of nitrogens with one attached hydrogen (secondary N) is 1. The average Bonchev–Trinajstić information content (AvgIpc) is 2.60. The highest BCUT2D eigenvalue weighted by Crippen LogP contribution is 2.28. The molecule has 0 bridgehead atoms. The number of halogens is 1. The third kappa shape index (κ3) is 5.26. The molecule has 4 nitrogen and oxygen atoms in total. The zero-order chi connectivity index (χ0) is 19.3. The SMILES string of the molecule is CC(Sc1ccccc1C(=O)NCC(C)(C)c1cccc(Cl)c1)C(=O)O. The second-order valence-corrected chi connectivity index (χ2v) is 8.49. The first-order valence-electron chi connectivity index (χ1n) is 8.23. The molecule has 0 heterocycles. The molecule has 0 radical (unpaired) electrons. The third-order valence-corrected chi connectivity index (χ3v) is 5.48. The Labute approximate surface area is 163 Å². The Morgan fingerprint density at radius 1 is 1.19 bits per heavy atom. The number of hydrogen-bond donors (Lipinski definition) is 2. The van der Waals surface area contributed by atoms with Gasteiger partial charge in [0.15, 0.2) is 0 Å². The van der Waals surface area contributed by atoms with Crippen molar-refractivity contribution >= 4 is 35.2 Å². The maximum absolute atomic E-state index is 12.7. The molecule has 2 N–H and O–H groups in total. The second kappa shape index (κ2) is 8.60. The lowest BCUT2D eigenvalue weighted by Gasteiger charge is -2.26. The van der Waals surface area contributed by atoms with Crippen LogP contribution < -0.4 is 5.32 Å². The van der Waals surface area contributed by atoms with E-state index in [9.17, 15) is 9.59 Å². The normalized spacial score (nSPS) is 12.5. The molecule has 26 heavy (non-hydrogen) atoms. The molecule has 1 atom stereocenters. The van der Waals surface area contributed by atoms with E-state index in [0.717, 1.165) is 17.3 Å². The summed E-state index contributed by atoms with van der Waals surface area (Å²) in [6, 6.07) is 14.6. The van der Waals surface area contributed by atoms with Crippen molar-refractivity contribution in [2.75, 3.05) is 6.54 Å². The maximum Gasteiger partial charge on any atom is 0.316 e. The summed E-state index contributed by atoms with van der Waals surface area (Å²) in [5.74, 6) is -1.13. The monoisotopic (exact) mass is 391 g/mol. The van der Waals surface area contributed by atoms with Gasteiger partial charge in [-0.1, -0.05) is 49.7 Å². The van der Waals surface area contributed by atoms with Crippen molar-refractivity contribution in [1.29, 1.82) is 0 Å². The van der Waals surface area contributed by atoms with E-state index >= 15 is 0 Å². The summed E-state index contributed by atoms with van der Waals surface area (Å²) in [7, 11) is 0. The van der Waals surface area contributed by atoms with Crippen LogP contribution in [-0.2, 0) is 10.2 Å².